The van der Waals surface area contributed by atoms with Crippen molar-refractivity contribution in [3.8, 4) is 12.1 Å². The molecule has 0 unspecified atom stereocenters. The summed E-state index contributed by atoms with van der Waals surface area (Å²) in [5, 5.41) is 17.3. The number of hydrogen-bond donors (Lipinski definition) is 0. The van der Waals surface area contributed by atoms with Crippen molar-refractivity contribution < 1.29 is 0 Å². The molecule has 0 amide bonds. The number of rotatable bonds is 0. The molecule has 4 heteroatoms. The van der Waals surface area contributed by atoms with Gasteiger partial charge in [-0.2, -0.15) is 10.5 Å². The molecule has 0 aliphatic rings. The molecule has 0 saturated carbocycles. The second kappa shape index (κ2) is 3.88. The molecule has 0 bridgehead atoms. The molecule has 12 heavy (non-hydrogen) atoms. The van der Waals surface area contributed by atoms with Gasteiger partial charge in [0.05, 0.1) is 11.1 Å². The normalized spacial score (nSPS) is 8.67. The van der Waals surface area contributed by atoms with E-state index >= 15 is 0 Å². The quantitative estimate of drug-likeness (QED) is 0.686. The maximum absolute atomic E-state index is 8.65. The summed E-state index contributed by atoms with van der Waals surface area (Å²) in [6.07, 6.45) is 0. The Bertz CT molecular complexity index is 361. The van der Waals surface area contributed by atoms with E-state index in [-0.39, 0.29) is 0 Å². The van der Waals surface area contributed by atoms with Crippen LogP contribution in [0.15, 0.2) is 16.6 Å². The van der Waals surface area contributed by atoms with Gasteiger partial charge in [-0.1, -0.05) is 0 Å². The number of benzene rings is 1. The Morgan fingerprint density at radius 2 is 1.75 bits per heavy atom. The van der Waals surface area contributed by atoms with Crippen LogP contribution in [0.3, 0.4) is 0 Å². The van der Waals surface area contributed by atoms with Crippen LogP contribution in [0.25, 0.3) is 0 Å². The lowest BCUT2D eigenvalue weighted by molar-refractivity contribution is 1.41. The summed E-state index contributed by atoms with van der Waals surface area (Å²) in [6.45, 7) is 0. The van der Waals surface area contributed by atoms with Gasteiger partial charge in [0, 0.05) is 8.04 Å². The van der Waals surface area contributed by atoms with Crippen LogP contribution in [-0.2, 0) is 0 Å². The van der Waals surface area contributed by atoms with Crippen LogP contribution < -0.4 is 0 Å². The van der Waals surface area contributed by atoms with Crippen molar-refractivity contribution in [2.45, 2.75) is 0 Å². The van der Waals surface area contributed by atoms with E-state index in [2.05, 4.69) is 15.9 Å². The zero-order chi connectivity index (χ0) is 9.14. The molecule has 2 nitrogen and oxygen atoms in total. The molecular weight excluding hydrogens is 331 g/mol. The summed E-state index contributed by atoms with van der Waals surface area (Å²) >= 11 is 5.24. The van der Waals surface area contributed by atoms with Gasteiger partial charge < -0.3 is 0 Å². The molecule has 58 valence electrons. The molecule has 0 aliphatic heterocycles. The van der Waals surface area contributed by atoms with E-state index in [9.17, 15) is 0 Å². The maximum atomic E-state index is 8.65. The van der Waals surface area contributed by atoms with Gasteiger partial charge in [-0.25, -0.2) is 0 Å². The Labute approximate surface area is 92.1 Å². The topological polar surface area (TPSA) is 47.6 Å². The predicted octanol–water partition coefficient (Wildman–Crippen LogP) is 2.80. The lowest BCUT2D eigenvalue weighted by atomic mass is 10.2. The fraction of sp³-hybridized carbons (Fsp3) is 0. The van der Waals surface area contributed by atoms with E-state index in [0.717, 1.165) is 3.57 Å². The molecule has 0 radical (unpaired) electrons. The van der Waals surface area contributed by atoms with Gasteiger partial charge in [0.15, 0.2) is 0 Å². The van der Waals surface area contributed by atoms with Crippen LogP contribution in [0, 0.1) is 26.2 Å². The SMILES string of the molecule is N#Cc1cc(I)c(C#N)cc1Br. The Balaban J connectivity index is 3.41. The zero-order valence-electron chi connectivity index (χ0n) is 5.81. The van der Waals surface area contributed by atoms with E-state index in [1.54, 1.807) is 12.1 Å². The predicted molar refractivity (Wildman–Crippen MR) is 56.3 cm³/mol. The Hall–Kier alpha value is -0.590. The molecule has 0 atom stereocenters. The van der Waals surface area contributed by atoms with Gasteiger partial charge in [-0.3, -0.25) is 0 Å². The molecule has 0 spiro atoms. The summed E-state index contributed by atoms with van der Waals surface area (Å²) in [5.74, 6) is 0. The van der Waals surface area contributed by atoms with Crippen molar-refractivity contribution in [1.29, 1.82) is 10.5 Å². The van der Waals surface area contributed by atoms with Crippen molar-refractivity contribution >= 4 is 38.5 Å². The standard InChI is InChI=1S/C8H2BrIN2/c9-7-1-6(4-12)8(10)2-5(7)3-11/h1-2H. The molecular formula is C8H2BrIN2. The first-order valence-corrected chi connectivity index (χ1v) is 4.85. The Kier molecular flexibility index (Phi) is 3.07. The van der Waals surface area contributed by atoms with Crippen molar-refractivity contribution in [2.75, 3.05) is 0 Å². The van der Waals surface area contributed by atoms with E-state index in [4.69, 9.17) is 10.5 Å². The van der Waals surface area contributed by atoms with Gasteiger partial charge in [-0.05, 0) is 50.7 Å². The molecule has 1 aromatic rings. The summed E-state index contributed by atoms with van der Waals surface area (Å²) in [6, 6.07) is 7.40. The summed E-state index contributed by atoms with van der Waals surface area (Å²) in [5.41, 5.74) is 1.14. The largest absolute Gasteiger partial charge is 0.192 e. The lowest BCUT2D eigenvalue weighted by Gasteiger charge is -1.97. The van der Waals surface area contributed by atoms with Crippen molar-refractivity contribution in [1.82, 2.24) is 0 Å². The third-order valence-corrected chi connectivity index (χ3v) is 2.85. The van der Waals surface area contributed by atoms with Crippen molar-refractivity contribution in [2.24, 2.45) is 0 Å². The number of nitriles is 2. The van der Waals surface area contributed by atoms with Crippen molar-refractivity contribution in [3.05, 3.63) is 31.3 Å². The molecule has 0 aliphatic carbocycles. The smallest absolute Gasteiger partial charge is 0.100 e. The first kappa shape index (κ1) is 9.50. The van der Waals surface area contributed by atoms with Gasteiger partial charge in [0.25, 0.3) is 0 Å². The van der Waals surface area contributed by atoms with Crippen LogP contribution in [0.5, 0.6) is 0 Å². The summed E-state index contributed by atoms with van der Waals surface area (Å²) < 4.78 is 1.47. The Morgan fingerprint density at radius 1 is 1.17 bits per heavy atom. The average molecular weight is 333 g/mol. The minimum absolute atomic E-state index is 0.554. The minimum atomic E-state index is 0.554. The molecule has 1 aromatic carbocycles. The lowest BCUT2D eigenvalue weighted by Crippen LogP contribution is -1.85. The zero-order valence-corrected chi connectivity index (χ0v) is 9.55. The molecule has 0 N–H and O–H groups in total. The molecule has 0 heterocycles. The highest BCUT2D eigenvalue weighted by atomic mass is 127. The van der Waals surface area contributed by atoms with Crippen LogP contribution in [0.2, 0.25) is 0 Å². The average Bonchev–Trinajstić information content (AvgIpc) is 2.08. The Morgan fingerprint density at radius 3 is 2.25 bits per heavy atom. The summed E-state index contributed by atoms with van der Waals surface area (Å²) in [4.78, 5) is 0. The minimum Gasteiger partial charge on any atom is -0.192 e. The van der Waals surface area contributed by atoms with E-state index in [1.165, 1.54) is 0 Å². The highest BCUT2D eigenvalue weighted by molar-refractivity contribution is 14.1. The fourth-order valence-electron chi connectivity index (χ4n) is 0.718. The van der Waals surface area contributed by atoms with Gasteiger partial charge >= 0.3 is 0 Å². The second-order valence-corrected chi connectivity index (χ2v) is 4.05. The monoisotopic (exact) mass is 332 g/mol. The number of nitrogens with zero attached hydrogens (tertiary/aromatic N) is 2. The maximum Gasteiger partial charge on any atom is 0.100 e. The van der Waals surface area contributed by atoms with E-state index in [1.807, 2.05) is 34.7 Å². The van der Waals surface area contributed by atoms with E-state index < -0.39 is 0 Å². The highest BCUT2D eigenvalue weighted by Gasteiger charge is 2.04. The number of hydrogen-bond acceptors (Lipinski definition) is 2. The summed E-state index contributed by atoms with van der Waals surface area (Å²) in [7, 11) is 0. The first-order valence-electron chi connectivity index (χ1n) is 2.98. The van der Waals surface area contributed by atoms with Gasteiger partial charge in [-0.15, -0.1) is 0 Å². The van der Waals surface area contributed by atoms with Gasteiger partial charge in [0.1, 0.15) is 12.1 Å². The van der Waals surface area contributed by atoms with Gasteiger partial charge in [0.2, 0.25) is 0 Å². The second-order valence-electron chi connectivity index (χ2n) is 2.04. The molecule has 0 fully saturated rings. The molecule has 1 rings (SSSR count). The van der Waals surface area contributed by atoms with E-state index in [0.29, 0.717) is 15.6 Å². The van der Waals surface area contributed by atoms with Crippen LogP contribution in [0.1, 0.15) is 11.1 Å². The first-order chi connectivity index (χ1) is 5.69. The third-order valence-electron chi connectivity index (χ3n) is 1.30. The number of halogens is 2. The molecule has 0 saturated heterocycles. The van der Waals surface area contributed by atoms with Crippen LogP contribution in [0.4, 0.5) is 0 Å². The van der Waals surface area contributed by atoms with Crippen LogP contribution in [-0.4, -0.2) is 0 Å². The fourth-order valence-corrected chi connectivity index (χ4v) is 1.74. The molecule has 0 aromatic heterocycles. The highest BCUT2D eigenvalue weighted by Crippen LogP contribution is 2.22. The van der Waals surface area contributed by atoms with Crippen LogP contribution >= 0.6 is 38.5 Å². The third kappa shape index (κ3) is 1.77. The van der Waals surface area contributed by atoms with Crippen molar-refractivity contribution in [3.63, 3.8) is 0 Å².